The fourth-order valence-corrected chi connectivity index (χ4v) is 18.6. The maximum atomic E-state index is 12.4. The summed E-state index contributed by atoms with van der Waals surface area (Å²) in [4.78, 5) is 133. The number of aryl methyl sites for hydroxylation is 4. The number of aromatic amines is 8. The molecule has 0 aromatic carbocycles. The summed E-state index contributed by atoms with van der Waals surface area (Å²) in [5.74, 6) is 2.52. The van der Waals surface area contributed by atoms with E-state index in [9.17, 15) is 9.59 Å². The van der Waals surface area contributed by atoms with Crippen LogP contribution in [0.4, 0.5) is 11.4 Å². The maximum Gasteiger partial charge on any atom is 0.224 e. The Bertz CT molecular complexity index is 9020. The first-order valence-electron chi connectivity index (χ1n) is 48.4. The van der Waals surface area contributed by atoms with Crippen molar-refractivity contribution in [1.29, 1.82) is 0 Å². The second kappa shape index (κ2) is 39.3. The first-order valence-corrected chi connectivity index (χ1v) is 48.4. The lowest BCUT2D eigenvalue weighted by Gasteiger charge is -2.26. The summed E-state index contributed by atoms with van der Waals surface area (Å²) in [6.07, 6.45) is 58.7. The van der Waals surface area contributed by atoms with Gasteiger partial charge in [0.15, 0.2) is 45.9 Å². The quantitative estimate of drug-likeness (QED) is 0.0319. The number of carbonyl (C=O) groups is 2. The topological polar surface area (TPSA) is 520 Å². The number of piperidine rings is 1. The Morgan fingerprint density at radius 2 is 0.612 bits per heavy atom. The zero-order valence-corrected chi connectivity index (χ0v) is 81.4. The molecule has 147 heavy (non-hydrogen) atoms. The van der Waals surface area contributed by atoms with Crippen LogP contribution in [-0.4, -0.2) is 226 Å². The minimum absolute atomic E-state index is 0.0354. The highest BCUT2D eigenvalue weighted by Crippen LogP contribution is 2.39. The second-order valence-electron chi connectivity index (χ2n) is 38.0. The van der Waals surface area contributed by atoms with Crippen LogP contribution in [0.25, 0.3) is 202 Å². The van der Waals surface area contributed by atoms with Gasteiger partial charge in [0, 0.05) is 157 Å². The van der Waals surface area contributed by atoms with E-state index in [1.807, 2.05) is 160 Å². The number of aromatic nitrogens is 36. The van der Waals surface area contributed by atoms with E-state index in [2.05, 4.69) is 185 Å². The van der Waals surface area contributed by atoms with Crippen molar-refractivity contribution < 1.29 is 9.59 Å². The van der Waals surface area contributed by atoms with Crippen molar-refractivity contribution in [3.05, 3.63) is 256 Å². The molecular formula is C105H98N40O2. The van der Waals surface area contributed by atoms with Gasteiger partial charge in [-0.05, 0) is 151 Å². The highest BCUT2D eigenvalue weighted by Gasteiger charge is 2.26. The Kier molecular flexibility index (Phi) is 24.6. The molecule has 26 rings (SSSR count). The molecular weight excluding hydrogens is 1850 g/mol. The van der Waals surface area contributed by atoms with E-state index < -0.39 is 0 Å². The second-order valence-corrected chi connectivity index (χ2v) is 38.0. The number of nitrogens with one attached hydrogen (secondary N) is 10. The van der Waals surface area contributed by atoms with Gasteiger partial charge in [-0.15, -0.1) is 0 Å². The lowest BCUT2D eigenvalue weighted by molar-refractivity contribution is -0.118. The van der Waals surface area contributed by atoms with E-state index in [4.69, 9.17) is 19.9 Å². The van der Waals surface area contributed by atoms with Gasteiger partial charge in [0.25, 0.3) is 0 Å². The molecule has 2 aliphatic rings. The van der Waals surface area contributed by atoms with Gasteiger partial charge in [-0.2, -0.15) is 20.4 Å². The van der Waals surface area contributed by atoms with Gasteiger partial charge in [-0.3, -0.25) is 79.7 Å². The number of likely N-dealkylation sites (tertiary alicyclic amines) is 2. The van der Waals surface area contributed by atoms with E-state index in [0.29, 0.717) is 81.5 Å². The summed E-state index contributed by atoms with van der Waals surface area (Å²) in [6.45, 7) is 22.3. The molecule has 2 aliphatic heterocycles. The van der Waals surface area contributed by atoms with E-state index in [0.717, 1.165) is 213 Å². The average molecular weight is 1950 g/mol. The van der Waals surface area contributed by atoms with Gasteiger partial charge in [0.05, 0.1) is 188 Å². The van der Waals surface area contributed by atoms with Crippen molar-refractivity contribution in [3.8, 4) is 113 Å². The number of fused-ring (bicyclic) bond motifs is 8. The predicted octanol–water partition coefficient (Wildman–Crippen LogP) is 17.5. The van der Waals surface area contributed by atoms with Crippen molar-refractivity contribution >= 4 is 111 Å². The number of rotatable bonds is 21. The van der Waals surface area contributed by atoms with Gasteiger partial charge in [-0.1, -0.05) is 34.1 Å². The average Bonchev–Trinajstić information content (AvgIpc) is 1.62. The Balaban J connectivity index is 0.000000108. The standard InChI is InChI=1S/C27H26N10O.C27H26N10.C26H24N10.C25H22N10O/c1-15-13-37(14-31-15)21-12-29-11-20-24(21)34-26(33-20)23-19-6-17(9-30-25(19)36-35-23)16-5-18(10-28-8-16)32-22(38)7-27(2,3)4;1-17-14-37(16-31-17)23-13-29-12-22-25(23)33-27(32-22)24-21-8-20(11-30-26(21)35-34-24)19-7-18(9-28-10-19)15-36-5-3-2-4-6-36;1-16-13-36(15-30-16)22-12-28-11-21-24(22)32-26(31-21)23-20-7-19(10-29-25(20)34-33-23)18-6-17(8-27-9-18)14-35-4-2-3-5-35;1-3-4-21(36)30-17-5-15(7-26-9-17)16-6-18-22(33-34-24(18)28-8-16)25-31-19-10-27-11-20(23(19)32-25)35-12-14(2)29-13-35/h5-6,8-14H,7H2,1-4H3,(H,32,38)(H,33,34)(H,30,35,36);7-14,16H,2-6,15H2,1H3,(H,32,33)(H,30,34,35);6-13,15H,2-5,14H2,1H3,(H,31,32)(H,29,33,34);5-13H,3-4H2,1-2H3,(H,30,36)(H,31,32)(H,28,33,34). The van der Waals surface area contributed by atoms with Crippen LogP contribution in [-0.2, 0) is 22.7 Å². The minimum Gasteiger partial charge on any atom is -0.335 e. The number of carbonyl (C=O) groups excluding carboxylic acids is 2. The van der Waals surface area contributed by atoms with Gasteiger partial charge in [0.2, 0.25) is 11.8 Å². The molecule has 2 fully saturated rings. The van der Waals surface area contributed by atoms with Gasteiger partial charge in [0.1, 0.15) is 44.8 Å². The molecule has 42 heteroatoms. The minimum atomic E-state index is -0.104. The lowest BCUT2D eigenvalue weighted by Crippen LogP contribution is -2.29. The fourth-order valence-electron chi connectivity index (χ4n) is 18.6. The first-order chi connectivity index (χ1) is 71.7. The largest absolute Gasteiger partial charge is 0.335 e. The smallest absolute Gasteiger partial charge is 0.224 e. The SMILES string of the molecule is CCCC(=O)Nc1cncc(-c2cnc3n[nH]c(-c4nc5c(-n6cnc(C)c6)cncc5[nH]4)c3c2)c1.Cc1cn(-c2cncc3[nH]c(-c4[nH]nc5ncc(-c6cncc(CN7CCCC7)c6)cc45)nc23)cn1.Cc1cn(-c2cncc3[nH]c(-c4[nH]nc5ncc(-c6cncc(CN7CCCCC7)c6)cc45)nc23)cn1.Cc1cn(-c2cncc3[nH]c(-c4[nH]nc5ncc(-c6cncc(NC(=O)CC(C)(C)C)c6)cc45)nc23)cn1. The normalized spacial score (nSPS) is 13.1. The molecule has 24 aromatic rings. The van der Waals surface area contributed by atoms with Crippen LogP contribution in [0, 0.1) is 33.1 Å². The van der Waals surface area contributed by atoms with E-state index in [1.165, 1.54) is 43.2 Å². The van der Waals surface area contributed by atoms with Crippen LogP contribution in [0.5, 0.6) is 0 Å². The summed E-state index contributed by atoms with van der Waals surface area (Å²) < 4.78 is 7.67. The third-order valence-corrected chi connectivity index (χ3v) is 25.6. The number of amides is 2. The molecule has 0 bridgehead atoms. The van der Waals surface area contributed by atoms with E-state index in [-0.39, 0.29) is 17.2 Å². The Labute approximate surface area is 836 Å². The molecule has 24 aromatic heterocycles. The Morgan fingerprint density at radius 1 is 0.327 bits per heavy atom. The summed E-state index contributed by atoms with van der Waals surface area (Å²) in [7, 11) is 0. The lowest BCUT2D eigenvalue weighted by atomic mass is 9.92. The van der Waals surface area contributed by atoms with Crippen molar-refractivity contribution in [1.82, 2.24) is 188 Å². The molecule has 2 saturated heterocycles. The van der Waals surface area contributed by atoms with Crippen LogP contribution < -0.4 is 10.6 Å². The van der Waals surface area contributed by atoms with Gasteiger partial charge in [-0.25, -0.2) is 59.8 Å². The molecule has 0 radical (unpaired) electrons. The number of imidazole rings is 8. The van der Waals surface area contributed by atoms with Crippen molar-refractivity contribution in [3.63, 3.8) is 0 Å². The Morgan fingerprint density at radius 3 is 0.912 bits per heavy atom. The molecule has 42 nitrogen and oxygen atoms in total. The molecule has 0 atom stereocenters. The van der Waals surface area contributed by atoms with Crippen LogP contribution in [0.15, 0.2) is 223 Å². The van der Waals surface area contributed by atoms with Gasteiger partial charge < -0.3 is 48.8 Å². The first kappa shape index (κ1) is 92.0. The molecule has 2 amide bonds. The van der Waals surface area contributed by atoms with Crippen LogP contribution >= 0.6 is 0 Å². The number of pyridine rings is 12. The predicted molar refractivity (Wildman–Crippen MR) is 557 cm³/mol. The molecule has 0 aliphatic carbocycles. The zero-order chi connectivity index (χ0) is 99.9. The maximum absolute atomic E-state index is 12.4. The van der Waals surface area contributed by atoms with E-state index >= 15 is 0 Å². The third kappa shape index (κ3) is 19.5. The molecule has 0 unspecified atom stereocenters. The van der Waals surface area contributed by atoms with E-state index in [1.54, 1.807) is 112 Å². The Hall–Kier alpha value is -18.7. The van der Waals surface area contributed by atoms with Crippen LogP contribution in [0.2, 0.25) is 0 Å². The van der Waals surface area contributed by atoms with Crippen molar-refractivity contribution in [2.75, 3.05) is 36.8 Å². The highest BCUT2D eigenvalue weighted by molar-refractivity contribution is 6.00. The number of H-pyrrole nitrogens is 8. The highest BCUT2D eigenvalue weighted by atomic mass is 16.2. The summed E-state index contributed by atoms with van der Waals surface area (Å²) in [5, 5.41) is 39.2. The molecule has 730 valence electrons. The molecule has 0 saturated carbocycles. The monoisotopic (exact) mass is 1950 g/mol. The number of anilines is 2. The zero-order valence-electron chi connectivity index (χ0n) is 81.4. The molecule has 26 heterocycles. The van der Waals surface area contributed by atoms with Crippen molar-refractivity contribution in [2.24, 2.45) is 5.41 Å². The fraction of sp³-hybridized carbons (Fsp3) is 0.219. The summed E-state index contributed by atoms with van der Waals surface area (Å²) in [6, 6.07) is 16.4. The summed E-state index contributed by atoms with van der Waals surface area (Å²) >= 11 is 0. The van der Waals surface area contributed by atoms with Crippen LogP contribution in [0.1, 0.15) is 113 Å². The van der Waals surface area contributed by atoms with Crippen LogP contribution in [0.3, 0.4) is 0 Å². The molecule has 10 N–H and O–H groups in total. The number of hydrogen-bond acceptors (Lipinski definition) is 28. The van der Waals surface area contributed by atoms with Gasteiger partial charge >= 0.3 is 0 Å². The summed E-state index contributed by atoms with van der Waals surface area (Å²) in [5.41, 5.74) is 29.9. The molecule has 0 spiro atoms. The third-order valence-electron chi connectivity index (χ3n) is 25.6. The van der Waals surface area contributed by atoms with Crippen molar-refractivity contribution in [2.45, 2.75) is 120 Å². The number of hydrogen-bond donors (Lipinski definition) is 10. The number of nitrogens with zero attached hydrogens (tertiary/aromatic N) is 30.